The van der Waals surface area contributed by atoms with Gasteiger partial charge in [-0.15, -0.1) is 0 Å². The Morgan fingerprint density at radius 3 is 2.79 bits per heavy atom. The lowest BCUT2D eigenvalue weighted by Crippen LogP contribution is -2.48. The molecule has 1 amide bonds. The first-order valence-electron chi connectivity index (χ1n) is 8.70. The fourth-order valence-electron chi connectivity index (χ4n) is 3.34. The van der Waals surface area contributed by atoms with E-state index in [4.69, 9.17) is 16.0 Å². The average Bonchev–Trinajstić information content (AvgIpc) is 3.30. The molecule has 4 rings (SSSR count). The lowest BCUT2D eigenvalue weighted by molar-refractivity contribution is -0.126. The monoisotopic (exact) mass is 347 g/mol. The van der Waals surface area contributed by atoms with Crippen molar-refractivity contribution in [2.75, 3.05) is 13.1 Å². The Morgan fingerprint density at radius 1 is 1.33 bits per heavy atom. The predicted molar refractivity (Wildman–Crippen MR) is 93.2 cm³/mol. The van der Waals surface area contributed by atoms with Crippen molar-refractivity contribution in [1.82, 2.24) is 15.2 Å². The van der Waals surface area contributed by atoms with Crippen LogP contribution in [-0.2, 0) is 4.79 Å². The summed E-state index contributed by atoms with van der Waals surface area (Å²) in [6, 6.07) is 5.89. The Hall–Kier alpha value is -1.59. The minimum atomic E-state index is -0.0611. The van der Waals surface area contributed by atoms with E-state index < -0.39 is 0 Å². The van der Waals surface area contributed by atoms with E-state index in [0.717, 1.165) is 55.8 Å². The molecule has 1 aromatic heterocycles. The molecular formula is C18H22ClN3O2. The number of benzene rings is 1. The first-order chi connectivity index (χ1) is 11.6. The zero-order valence-corrected chi connectivity index (χ0v) is 14.6. The van der Waals surface area contributed by atoms with Gasteiger partial charge in [0.05, 0.1) is 6.04 Å². The van der Waals surface area contributed by atoms with Gasteiger partial charge in [-0.2, -0.15) is 0 Å². The molecule has 1 atom stereocenters. The molecule has 2 aromatic rings. The van der Waals surface area contributed by atoms with Gasteiger partial charge in [-0.05, 0) is 63.9 Å². The van der Waals surface area contributed by atoms with E-state index in [2.05, 4.69) is 15.2 Å². The molecule has 24 heavy (non-hydrogen) atoms. The number of oxazole rings is 1. The molecule has 1 saturated heterocycles. The van der Waals surface area contributed by atoms with Crippen molar-refractivity contribution in [3.63, 3.8) is 0 Å². The van der Waals surface area contributed by atoms with E-state index in [9.17, 15) is 4.79 Å². The first-order valence-corrected chi connectivity index (χ1v) is 9.08. The van der Waals surface area contributed by atoms with Gasteiger partial charge in [-0.1, -0.05) is 11.6 Å². The summed E-state index contributed by atoms with van der Waals surface area (Å²) in [5, 5.41) is 3.77. The number of carbonyl (C=O) groups excluding carboxylic acids is 1. The van der Waals surface area contributed by atoms with Crippen LogP contribution in [0, 0.1) is 0 Å². The molecule has 1 aliphatic heterocycles. The Labute approximate surface area is 146 Å². The van der Waals surface area contributed by atoms with Crippen molar-refractivity contribution in [3.05, 3.63) is 29.1 Å². The highest BCUT2D eigenvalue weighted by atomic mass is 35.5. The third kappa shape index (κ3) is 3.28. The van der Waals surface area contributed by atoms with E-state index in [-0.39, 0.29) is 11.9 Å². The quantitative estimate of drug-likeness (QED) is 0.921. The predicted octanol–water partition coefficient (Wildman–Crippen LogP) is 3.33. The van der Waals surface area contributed by atoms with Crippen LogP contribution in [0.1, 0.15) is 44.4 Å². The Kier molecular flexibility index (Phi) is 4.22. The van der Waals surface area contributed by atoms with Gasteiger partial charge < -0.3 is 9.73 Å². The largest absolute Gasteiger partial charge is 0.440 e. The molecule has 128 valence electrons. The fraction of sp³-hybridized carbons (Fsp3) is 0.556. The second-order valence-corrected chi connectivity index (χ2v) is 7.37. The maximum atomic E-state index is 12.2. The van der Waals surface area contributed by atoms with Crippen LogP contribution < -0.4 is 5.32 Å². The SMILES string of the molecule is CC(C(=O)NC1CC1)N1CCC(c2nc3cc(Cl)ccc3o2)CC1. The van der Waals surface area contributed by atoms with Crippen LogP contribution in [0.3, 0.4) is 0 Å². The van der Waals surface area contributed by atoms with Gasteiger partial charge in [0, 0.05) is 17.0 Å². The molecule has 2 fully saturated rings. The summed E-state index contributed by atoms with van der Waals surface area (Å²) < 4.78 is 5.90. The molecule has 1 saturated carbocycles. The van der Waals surface area contributed by atoms with Crippen LogP contribution in [0.15, 0.2) is 22.6 Å². The highest BCUT2D eigenvalue weighted by Crippen LogP contribution is 2.31. The van der Waals surface area contributed by atoms with Gasteiger partial charge in [-0.3, -0.25) is 9.69 Å². The van der Waals surface area contributed by atoms with Crippen LogP contribution >= 0.6 is 11.6 Å². The van der Waals surface area contributed by atoms with Crippen molar-refractivity contribution in [3.8, 4) is 0 Å². The lowest BCUT2D eigenvalue weighted by atomic mass is 9.95. The number of piperidine rings is 1. The molecule has 1 N–H and O–H groups in total. The van der Waals surface area contributed by atoms with Gasteiger partial charge in [0.25, 0.3) is 0 Å². The average molecular weight is 348 g/mol. The minimum absolute atomic E-state index is 0.0611. The van der Waals surface area contributed by atoms with Crippen molar-refractivity contribution in [1.29, 1.82) is 0 Å². The van der Waals surface area contributed by atoms with Crippen molar-refractivity contribution in [2.45, 2.75) is 50.6 Å². The summed E-state index contributed by atoms with van der Waals surface area (Å²) in [6.45, 7) is 3.78. The first kappa shape index (κ1) is 15.9. The molecule has 0 radical (unpaired) electrons. The van der Waals surface area contributed by atoms with Crippen LogP contribution in [0.25, 0.3) is 11.1 Å². The van der Waals surface area contributed by atoms with Gasteiger partial charge in [0.15, 0.2) is 11.5 Å². The zero-order chi connectivity index (χ0) is 16.7. The maximum Gasteiger partial charge on any atom is 0.237 e. The maximum absolute atomic E-state index is 12.2. The molecule has 5 nitrogen and oxygen atoms in total. The van der Waals surface area contributed by atoms with Crippen molar-refractivity contribution < 1.29 is 9.21 Å². The van der Waals surface area contributed by atoms with Crippen LogP contribution in [0.5, 0.6) is 0 Å². The number of hydrogen-bond acceptors (Lipinski definition) is 4. The fourth-order valence-corrected chi connectivity index (χ4v) is 3.51. The van der Waals surface area contributed by atoms with E-state index in [0.29, 0.717) is 17.0 Å². The van der Waals surface area contributed by atoms with E-state index in [1.165, 1.54) is 0 Å². The summed E-state index contributed by atoms with van der Waals surface area (Å²) in [7, 11) is 0. The second kappa shape index (κ2) is 6.37. The summed E-state index contributed by atoms with van der Waals surface area (Å²) in [6.07, 6.45) is 4.17. The van der Waals surface area contributed by atoms with Crippen molar-refractivity contribution in [2.24, 2.45) is 0 Å². The van der Waals surface area contributed by atoms with Gasteiger partial charge in [0.1, 0.15) is 5.52 Å². The topological polar surface area (TPSA) is 58.4 Å². The number of hydrogen-bond donors (Lipinski definition) is 1. The number of aromatic nitrogens is 1. The Bertz CT molecular complexity index is 748. The van der Waals surface area contributed by atoms with Gasteiger partial charge >= 0.3 is 0 Å². The molecule has 1 unspecified atom stereocenters. The highest BCUT2D eigenvalue weighted by molar-refractivity contribution is 6.31. The molecule has 1 aliphatic carbocycles. The van der Waals surface area contributed by atoms with E-state index in [1.807, 2.05) is 25.1 Å². The highest BCUT2D eigenvalue weighted by Gasteiger charge is 2.32. The van der Waals surface area contributed by atoms with E-state index in [1.54, 1.807) is 0 Å². The smallest absolute Gasteiger partial charge is 0.237 e. The second-order valence-electron chi connectivity index (χ2n) is 6.93. The van der Waals surface area contributed by atoms with Crippen LogP contribution in [0.4, 0.5) is 0 Å². The molecule has 0 bridgehead atoms. The molecule has 1 aromatic carbocycles. The van der Waals surface area contributed by atoms with Crippen molar-refractivity contribution >= 4 is 28.6 Å². The summed E-state index contributed by atoms with van der Waals surface area (Å²) >= 11 is 6.01. The summed E-state index contributed by atoms with van der Waals surface area (Å²) in [5.74, 6) is 1.26. The number of nitrogens with one attached hydrogen (secondary N) is 1. The number of rotatable bonds is 4. The molecule has 6 heteroatoms. The standard InChI is InChI=1S/C18H22ClN3O2/c1-11(17(23)20-14-3-4-14)22-8-6-12(7-9-22)18-21-15-10-13(19)2-5-16(15)24-18/h2,5,10-12,14H,3-4,6-9H2,1H3,(H,20,23). The molecule has 2 heterocycles. The van der Waals surface area contributed by atoms with Gasteiger partial charge in [0.2, 0.25) is 5.91 Å². The third-order valence-corrected chi connectivity index (χ3v) is 5.33. The number of halogens is 1. The number of carbonyl (C=O) groups is 1. The molecular weight excluding hydrogens is 326 g/mol. The number of amides is 1. The number of likely N-dealkylation sites (tertiary alicyclic amines) is 1. The van der Waals surface area contributed by atoms with Crippen LogP contribution in [-0.4, -0.2) is 41.0 Å². The normalized spacial score (nSPS) is 21.1. The number of nitrogens with zero attached hydrogens (tertiary/aromatic N) is 2. The van der Waals surface area contributed by atoms with E-state index >= 15 is 0 Å². The summed E-state index contributed by atoms with van der Waals surface area (Å²) in [5.41, 5.74) is 1.60. The minimum Gasteiger partial charge on any atom is -0.440 e. The number of fused-ring (bicyclic) bond motifs is 1. The Morgan fingerprint density at radius 2 is 2.08 bits per heavy atom. The van der Waals surface area contributed by atoms with Crippen LogP contribution in [0.2, 0.25) is 5.02 Å². The summed E-state index contributed by atoms with van der Waals surface area (Å²) in [4.78, 5) is 19.1. The molecule has 2 aliphatic rings. The third-order valence-electron chi connectivity index (χ3n) is 5.10. The Balaban J connectivity index is 1.38. The zero-order valence-electron chi connectivity index (χ0n) is 13.8. The lowest BCUT2D eigenvalue weighted by Gasteiger charge is -2.34. The van der Waals surface area contributed by atoms with Gasteiger partial charge in [-0.25, -0.2) is 4.98 Å². The molecule has 0 spiro atoms.